The van der Waals surface area contributed by atoms with E-state index in [1.165, 1.54) is 20.1 Å². The number of benzene rings is 2. The highest BCUT2D eigenvalue weighted by Gasteiger charge is 2.24. The Bertz CT molecular complexity index is 866. The number of hydrogen-bond donors (Lipinski definition) is 0. The monoisotopic (exact) mass is 356 g/mol. The smallest absolute Gasteiger partial charge is 0.253 e. The molecule has 0 unspecified atom stereocenters. The number of fused-ring (bicyclic) bond motifs is 1. The number of halogens is 1. The Morgan fingerprint density at radius 1 is 1.23 bits per heavy atom. The minimum atomic E-state index is -0.451. The van der Waals surface area contributed by atoms with Crippen molar-refractivity contribution in [3.8, 4) is 5.75 Å². The molecule has 136 valence electrons. The first-order valence-corrected chi connectivity index (χ1v) is 8.39. The van der Waals surface area contributed by atoms with Gasteiger partial charge in [0, 0.05) is 38.3 Å². The molecule has 5 nitrogen and oxygen atoms in total. The first kappa shape index (κ1) is 17.9. The highest BCUT2D eigenvalue weighted by molar-refractivity contribution is 5.97. The Hall–Kier alpha value is -2.89. The predicted molar refractivity (Wildman–Crippen MR) is 96.9 cm³/mol. The van der Waals surface area contributed by atoms with E-state index in [1.54, 1.807) is 35.0 Å². The Morgan fingerprint density at radius 2 is 2.00 bits per heavy atom. The molecule has 6 heteroatoms. The average Bonchev–Trinajstić information content (AvgIpc) is 3.04. The lowest BCUT2D eigenvalue weighted by atomic mass is 10.1. The van der Waals surface area contributed by atoms with Crippen LogP contribution < -0.4 is 9.64 Å². The van der Waals surface area contributed by atoms with Crippen LogP contribution in [0, 0.1) is 5.82 Å². The zero-order valence-electron chi connectivity index (χ0n) is 15.1. The van der Waals surface area contributed by atoms with Gasteiger partial charge in [-0.1, -0.05) is 6.07 Å². The molecule has 3 rings (SSSR count). The molecule has 1 aliphatic rings. The summed E-state index contributed by atoms with van der Waals surface area (Å²) in [7, 11) is 3.09. The summed E-state index contributed by atoms with van der Waals surface area (Å²) < 4.78 is 18.7. The summed E-state index contributed by atoms with van der Waals surface area (Å²) in [5.74, 6) is -0.421. The third kappa shape index (κ3) is 3.40. The Balaban J connectivity index is 1.75. The number of ether oxygens (including phenoxy) is 1. The topological polar surface area (TPSA) is 49.9 Å². The molecule has 0 spiro atoms. The minimum absolute atomic E-state index is 0.00137. The first-order valence-electron chi connectivity index (χ1n) is 8.39. The summed E-state index contributed by atoms with van der Waals surface area (Å²) in [4.78, 5) is 27.6. The van der Waals surface area contributed by atoms with Crippen molar-refractivity contribution in [3.63, 3.8) is 0 Å². The molecule has 0 saturated heterocycles. The number of hydrogen-bond acceptors (Lipinski definition) is 3. The Labute approximate surface area is 152 Å². The lowest BCUT2D eigenvalue weighted by molar-refractivity contribution is -0.116. The fourth-order valence-electron chi connectivity index (χ4n) is 3.24. The van der Waals surface area contributed by atoms with Gasteiger partial charge >= 0.3 is 0 Å². The molecule has 0 aromatic heterocycles. The van der Waals surface area contributed by atoms with Gasteiger partial charge in [0.1, 0.15) is 0 Å². The van der Waals surface area contributed by atoms with E-state index in [9.17, 15) is 14.0 Å². The molecule has 0 N–H and O–H groups in total. The van der Waals surface area contributed by atoms with Crippen molar-refractivity contribution in [3.05, 3.63) is 58.9 Å². The summed E-state index contributed by atoms with van der Waals surface area (Å²) in [6.07, 6.45) is 0.740. The number of nitrogens with zero attached hydrogens (tertiary/aromatic N) is 2. The summed E-state index contributed by atoms with van der Waals surface area (Å²) in [5, 5.41) is 0. The first-order chi connectivity index (χ1) is 12.4. The van der Waals surface area contributed by atoms with Gasteiger partial charge in [-0.25, -0.2) is 4.39 Å². The highest BCUT2D eigenvalue weighted by Crippen LogP contribution is 2.29. The molecule has 1 heterocycles. The van der Waals surface area contributed by atoms with Crippen molar-refractivity contribution < 1.29 is 18.7 Å². The number of amides is 2. The molecule has 0 saturated carbocycles. The largest absolute Gasteiger partial charge is 0.494 e. The molecule has 0 radical (unpaired) electrons. The molecule has 0 aliphatic carbocycles. The van der Waals surface area contributed by atoms with Gasteiger partial charge in [-0.2, -0.15) is 0 Å². The normalized spacial score (nSPS) is 12.7. The molecule has 1 aliphatic heterocycles. The molecule has 2 amide bonds. The van der Waals surface area contributed by atoms with E-state index in [1.807, 2.05) is 12.1 Å². The van der Waals surface area contributed by atoms with E-state index in [2.05, 4.69) is 0 Å². The second-order valence-electron chi connectivity index (χ2n) is 6.39. The number of anilines is 1. The maximum absolute atomic E-state index is 13.8. The minimum Gasteiger partial charge on any atom is -0.494 e. The molecule has 2 aromatic carbocycles. The summed E-state index contributed by atoms with van der Waals surface area (Å²) in [5.41, 5.74) is 3.11. The van der Waals surface area contributed by atoms with E-state index in [-0.39, 0.29) is 24.1 Å². The fraction of sp³-hybridized carbons (Fsp3) is 0.300. The maximum Gasteiger partial charge on any atom is 0.253 e. The van der Waals surface area contributed by atoms with E-state index in [4.69, 9.17) is 4.74 Å². The van der Waals surface area contributed by atoms with Crippen LogP contribution in [0.1, 0.15) is 28.4 Å². The van der Waals surface area contributed by atoms with Crippen LogP contribution in [0.5, 0.6) is 5.75 Å². The number of methoxy groups -OCH3 is 1. The summed E-state index contributed by atoms with van der Waals surface area (Å²) in [6.45, 7) is 2.47. The van der Waals surface area contributed by atoms with E-state index in [0.717, 1.165) is 17.7 Å². The molecule has 0 fully saturated rings. The van der Waals surface area contributed by atoms with Crippen LogP contribution in [0.2, 0.25) is 0 Å². The van der Waals surface area contributed by atoms with Crippen LogP contribution >= 0.6 is 0 Å². The number of carbonyl (C=O) groups excluding carboxylic acids is 2. The van der Waals surface area contributed by atoms with Crippen LogP contribution in [0.25, 0.3) is 0 Å². The van der Waals surface area contributed by atoms with Crippen molar-refractivity contribution in [1.82, 2.24) is 4.90 Å². The molecule has 26 heavy (non-hydrogen) atoms. The number of carbonyl (C=O) groups is 2. The van der Waals surface area contributed by atoms with Crippen molar-refractivity contribution >= 4 is 17.5 Å². The second-order valence-corrected chi connectivity index (χ2v) is 6.39. The molecular weight excluding hydrogens is 335 g/mol. The molecule has 2 aromatic rings. The van der Waals surface area contributed by atoms with Gasteiger partial charge in [-0.3, -0.25) is 9.59 Å². The summed E-state index contributed by atoms with van der Waals surface area (Å²) in [6, 6.07) is 10.0. The standard InChI is InChI=1S/C20H21FN2O3/c1-13(24)23-9-8-15-11-16(5-6-18(15)23)20(25)22(2)12-14-4-7-19(26-3)17(21)10-14/h4-7,10-11H,8-9,12H2,1-3H3. The maximum atomic E-state index is 13.8. The van der Waals surface area contributed by atoms with E-state index < -0.39 is 5.82 Å². The van der Waals surface area contributed by atoms with Crippen molar-refractivity contribution in [2.75, 3.05) is 25.6 Å². The van der Waals surface area contributed by atoms with Gasteiger partial charge in [0.05, 0.1) is 7.11 Å². The zero-order valence-corrected chi connectivity index (χ0v) is 15.1. The van der Waals surface area contributed by atoms with Gasteiger partial charge in [0.25, 0.3) is 5.91 Å². The van der Waals surface area contributed by atoms with Crippen LogP contribution in [-0.2, 0) is 17.8 Å². The SMILES string of the molecule is COc1ccc(CN(C)C(=O)c2ccc3c(c2)CCN3C(C)=O)cc1F. The van der Waals surface area contributed by atoms with Crippen molar-refractivity contribution in [1.29, 1.82) is 0 Å². The summed E-state index contributed by atoms with van der Waals surface area (Å²) >= 11 is 0. The molecule has 0 bridgehead atoms. The second kappa shape index (κ2) is 7.15. The lowest BCUT2D eigenvalue weighted by Crippen LogP contribution is -2.27. The van der Waals surface area contributed by atoms with E-state index >= 15 is 0 Å². The number of rotatable bonds is 4. The van der Waals surface area contributed by atoms with Gasteiger partial charge in [0.2, 0.25) is 5.91 Å². The van der Waals surface area contributed by atoms with Gasteiger partial charge in [-0.05, 0) is 47.9 Å². The van der Waals surface area contributed by atoms with Crippen molar-refractivity contribution in [2.24, 2.45) is 0 Å². The van der Waals surface area contributed by atoms with Gasteiger partial charge < -0.3 is 14.5 Å². The quantitative estimate of drug-likeness (QED) is 0.846. The van der Waals surface area contributed by atoms with Gasteiger partial charge in [0.15, 0.2) is 11.6 Å². The average molecular weight is 356 g/mol. The van der Waals surface area contributed by atoms with E-state index in [0.29, 0.717) is 17.7 Å². The van der Waals surface area contributed by atoms with Crippen LogP contribution in [0.3, 0.4) is 0 Å². The van der Waals surface area contributed by atoms with Gasteiger partial charge in [-0.15, -0.1) is 0 Å². The van der Waals surface area contributed by atoms with Crippen molar-refractivity contribution in [2.45, 2.75) is 19.9 Å². The Kier molecular flexibility index (Phi) is 4.93. The molecule has 0 atom stereocenters. The highest BCUT2D eigenvalue weighted by atomic mass is 19.1. The predicted octanol–water partition coefficient (Wildman–Crippen LogP) is 3.02. The van der Waals surface area contributed by atoms with Crippen LogP contribution in [-0.4, -0.2) is 37.4 Å². The van der Waals surface area contributed by atoms with Crippen LogP contribution in [0.4, 0.5) is 10.1 Å². The van der Waals surface area contributed by atoms with Crippen LogP contribution in [0.15, 0.2) is 36.4 Å². The fourth-order valence-corrected chi connectivity index (χ4v) is 3.24. The lowest BCUT2D eigenvalue weighted by Gasteiger charge is -2.19. The zero-order chi connectivity index (χ0) is 18.8. The Morgan fingerprint density at radius 3 is 2.65 bits per heavy atom. The third-order valence-electron chi connectivity index (χ3n) is 4.58. The third-order valence-corrected chi connectivity index (χ3v) is 4.58. The molecular formula is C20H21FN2O3.